The third-order valence-corrected chi connectivity index (χ3v) is 3.83. The molecule has 1 fully saturated rings. The molecule has 0 radical (unpaired) electrons. The number of amides is 2. The van der Waals surface area contributed by atoms with Crippen LogP contribution in [0.15, 0.2) is 24.3 Å². The van der Waals surface area contributed by atoms with E-state index in [1.54, 1.807) is 38.1 Å². The quantitative estimate of drug-likeness (QED) is 0.785. The first-order valence-electron chi connectivity index (χ1n) is 7.80. The number of nitrogens with one attached hydrogen (secondary N) is 2. The molecule has 2 amide bonds. The average molecular weight is 318 g/mol. The lowest BCUT2D eigenvalue weighted by atomic mass is 10.1. The van der Waals surface area contributed by atoms with E-state index < -0.39 is 12.0 Å². The Bertz CT molecular complexity index is 614. The maximum atomic E-state index is 12.2. The topological polar surface area (TPSA) is 84.5 Å². The zero-order valence-corrected chi connectivity index (χ0v) is 13.6. The second-order valence-electron chi connectivity index (χ2n) is 5.84. The number of rotatable bonds is 6. The van der Waals surface area contributed by atoms with Crippen molar-refractivity contribution in [3.05, 3.63) is 29.8 Å². The lowest BCUT2D eigenvalue weighted by molar-refractivity contribution is -0.144. The van der Waals surface area contributed by atoms with Gasteiger partial charge in [-0.15, -0.1) is 0 Å². The highest BCUT2D eigenvalue weighted by atomic mass is 16.5. The number of benzene rings is 1. The van der Waals surface area contributed by atoms with Gasteiger partial charge in [-0.2, -0.15) is 0 Å². The summed E-state index contributed by atoms with van der Waals surface area (Å²) in [5, 5.41) is 5.39. The molecular weight excluding hydrogens is 296 g/mol. The van der Waals surface area contributed by atoms with E-state index in [0.29, 0.717) is 17.2 Å². The summed E-state index contributed by atoms with van der Waals surface area (Å²) in [6.07, 6.45) is 0.906. The van der Waals surface area contributed by atoms with Crippen LogP contribution in [0.1, 0.15) is 37.6 Å². The minimum absolute atomic E-state index is 0.0186. The molecule has 3 atom stereocenters. The van der Waals surface area contributed by atoms with E-state index in [9.17, 15) is 14.4 Å². The zero-order valence-electron chi connectivity index (χ0n) is 13.6. The van der Waals surface area contributed by atoms with Gasteiger partial charge in [0.05, 0.1) is 6.61 Å². The highest BCUT2D eigenvalue weighted by molar-refractivity contribution is 5.99. The van der Waals surface area contributed by atoms with Crippen molar-refractivity contribution in [1.29, 1.82) is 0 Å². The Morgan fingerprint density at radius 1 is 1.35 bits per heavy atom. The summed E-state index contributed by atoms with van der Waals surface area (Å²) in [5.74, 6) is -0.396. The normalized spacial score (nSPS) is 20.3. The van der Waals surface area contributed by atoms with Crippen LogP contribution in [-0.2, 0) is 14.3 Å². The highest BCUT2D eigenvalue weighted by Gasteiger charge is 2.39. The third-order valence-electron chi connectivity index (χ3n) is 3.83. The summed E-state index contributed by atoms with van der Waals surface area (Å²) >= 11 is 0. The fourth-order valence-corrected chi connectivity index (χ4v) is 2.27. The minimum atomic E-state index is -0.729. The summed E-state index contributed by atoms with van der Waals surface area (Å²) in [4.78, 5) is 35.6. The van der Waals surface area contributed by atoms with Crippen LogP contribution < -0.4 is 10.6 Å². The zero-order chi connectivity index (χ0) is 17.0. The van der Waals surface area contributed by atoms with E-state index in [-0.39, 0.29) is 24.3 Å². The van der Waals surface area contributed by atoms with Crippen LogP contribution in [0.4, 0.5) is 5.69 Å². The molecule has 1 aromatic rings. The van der Waals surface area contributed by atoms with Crippen molar-refractivity contribution in [2.24, 2.45) is 11.8 Å². The predicted octanol–water partition coefficient (Wildman–Crippen LogP) is 1.96. The van der Waals surface area contributed by atoms with Crippen molar-refractivity contribution in [3.8, 4) is 0 Å². The number of anilines is 1. The molecule has 1 saturated carbocycles. The van der Waals surface area contributed by atoms with E-state index in [2.05, 4.69) is 10.6 Å². The maximum absolute atomic E-state index is 12.2. The van der Waals surface area contributed by atoms with Crippen LogP contribution in [0.2, 0.25) is 0 Å². The van der Waals surface area contributed by atoms with Crippen molar-refractivity contribution >= 4 is 23.5 Å². The Balaban J connectivity index is 1.97. The Labute approximate surface area is 135 Å². The second kappa shape index (κ2) is 7.26. The minimum Gasteiger partial charge on any atom is -0.464 e. The van der Waals surface area contributed by atoms with Gasteiger partial charge in [0.25, 0.3) is 5.91 Å². The monoisotopic (exact) mass is 318 g/mol. The molecule has 0 bridgehead atoms. The van der Waals surface area contributed by atoms with Crippen molar-refractivity contribution in [2.75, 3.05) is 11.9 Å². The fraction of sp³-hybridized carbons (Fsp3) is 0.471. The Hall–Kier alpha value is -2.37. The second-order valence-corrected chi connectivity index (χ2v) is 5.84. The first-order chi connectivity index (χ1) is 10.9. The molecule has 1 aromatic carbocycles. The van der Waals surface area contributed by atoms with Crippen molar-refractivity contribution in [3.63, 3.8) is 0 Å². The largest absolute Gasteiger partial charge is 0.464 e. The Morgan fingerprint density at radius 3 is 2.65 bits per heavy atom. The smallest absolute Gasteiger partial charge is 0.328 e. The van der Waals surface area contributed by atoms with Crippen LogP contribution in [-0.4, -0.2) is 30.4 Å². The Morgan fingerprint density at radius 2 is 2.04 bits per heavy atom. The van der Waals surface area contributed by atoms with Crippen LogP contribution >= 0.6 is 0 Å². The standard InChI is InChI=1S/C17H22N2O4/c1-4-23-17(22)11(3)18-15(20)12-6-5-7-13(9-12)19-16(21)14-8-10(14)2/h5-7,9-11,14H,4,8H2,1-3H3,(H,18,20)(H,19,21)/t10-,11-,14-/m0/s1. The number of hydrogen-bond donors (Lipinski definition) is 2. The SMILES string of the molecule is CCOC(=O)[C@H](C)NC(=O)c1cccc(NC(=O)[C@H]2C[C@@H]2C)c1. The van der Waals surface area contributed by atoms with Gasteiger partial charge in [-0.3, -0.25) is 9.59 Å². The summed E-state index contributed by atoms with van der Waals surface area (Å²) in [6, 6.07) is 5.92. The van der Waals surface area contributed by atoms with Gasteiger partial charge in [0.15, 0.2) is 0 Å². The molecule has 1 aliphatic carbocycles. The molecule has 0 heterocycles. The van der Waals surface area contributed by atoms with Crippen molar-refractivity contribution < 1.29 is 19.1 Å². The molecule has 6 nitrogen and oxygen atoms in total. The van der Waals surface area contributed by atoms with Gasteiger partial charge in [0.1, 0.15) is 6.04 Å². The van der Waals surface area contributed by atoms with Gasteiger partial charge in [-0.25, -0.2) is 4.79 Å². The number of esters is 1. The lowest BCUT2D eigenvalue weighted by Gasteiger charge is -2.13. The van der Waals surface area contributed by atoms with Crippen LogP contribution in [0.5, 0.6) is 0 Å². The van der Waals surface area contributed by atoms with Crippen LogP contribution in [0.25, 0.3) is 0 Å². The summed E-state index contributed by atoms with van der Waals surface area (Å²) in [7, 11) is 0. The average Bonchev–Trinajstić information content (AvgIpc) is 3.24. The molecule has 124 valence electrons. The lowest BCUT2D eigenvalue weighted by Crippen LogP contribution is -2.39. The van der Waals surface area contributed by atoms with E-state index in [1.165, 1.54) is 0 Å². The molecule has 6 heteroatoms. The molecule has 23 heavy (non-hydrogen) atoms. The van der Waals surface area contributed by atoms with Crippen molar-refractivity contribution in [1.82, 2.24) is 5.32 Å². The number of ether oxygens (including phenoxy) is 1. The van der Waals surface area contributed by atoms with Crippen molar-refractivity contribution in [2.45, 2.75) is 33.2 Å². The number of hydrogen-bond acceptors (Lipinski definition) is 4. The highest BCUT2D eigenvalue weighted by Crippen LogP contribution is 2.38. The first kappa shape index (κ1) is 17.0. The molecule has 0 aliphatic heterocycles. The van der Waals surface area contributed by atoms with Gasteiger partial charge in [0, 0.05) is 17.2 Å². The molecule has 2 N–H and O–H groups in total. The molecule has 1 aliphatic rings. The molecule has 0 unspecified atom stereocenters. The summed E-state index contributed by atoms with van der Waals surface area (Å²) < 4.78 is 4.85. The number of carbonyl (C=O) groups excluding carboxylic acids is 3. The first-order valence-corrected chi connectivity index (χ1v) is 7.80. The van der Waals surface area contributed by atoms with E-state index in [0.717, 1.165) is 6.42 Å². The number of carbonyl (C=O) groups is 3. The van der Waals surface area contributed by atoms with Crippen LogP contribution in [0.3, 0.4) is 0 Å². The molecule has 0 aromatic heterocycles. The van der Waals surface area contributed by atoms with Gasteiger partial charge < -0.3 is 15.4 Å². The summed E-state index contributed by atoms with van der Waals surface area (Å²) in [6.45, 7) is 5.57. The summed E-state index contributed by atoms with van der Waals surface area (Å²) in [5.41, 5.74) is 0.952. The predicted molar refractivity (Wildman–Crippen MR) is 85.9 cm³/mol. The molecule has 2 rings (SSSR count). The molecule has 0 saturated heterocycles. The fourth-order valence-electron chi connectivity index (χ4n) is 2.27. The Kier molecular flexibility index (Phi) is 5.36. The molecular formula is C17H22N2O4. The van der Waals surface area contributed by atoms with E-state index >= 15 is 0 Å². The maximum Gasteiger partial charge on any atom is 0.328 e. The van der Waals surface area contributed by atoms with Gasteiger partial charge in [-0.05, 0) is 44.4 Å². The van der Waals surface area contributed by atoms with Crippen LogP contribution in [0, 0.1) is 11.8 Å². The third kappa shape index (κ3) is 4.55. The van der Waals surface area contributed by atoms with E-state index in [1.807, 2.05) is 6.92 Å². The van der Waals surface area contributed by atoms with Gasteiger partial charge in [-0.1, -0.05) is 13.0 Å². The van der Waals surface area contributed by atoms with E-state index in [4.69, 9.17) is 4.74 Å². The van der Waals surface area contributed by atoms with Gasteiger partial charge >= 0.3 is 5.97 Å². The van der Waals surface area contributed by atoms with Gasteiger partial charge in [0.2, 0.25) is 5.91 Å². The molecule has 0 spiro atoms.